The molecule has 0 amide bonds. The lowest BCUT2D eigenvalue weighted by Gasteiger charge is -2.00. The van der Waals surface area contributed by atoms with Crippen LogP contribution in [0.4, 0.5) is 0 Å². The van der Waals surface area contributed by atoms with E-state index in [0.29, 0.717) is 12.1 Å². The molecule has 2 aromatic rings. The third-order valence-electron chi connectivity index (χ3n) is 1.99. The Labute approximate surface area is 114 Å². The summed E-state index contributed by atoms with van der Waals surface area (Å²) in [4.78, 5) is 17.1. The number of carbonyl (C=O) groups excluding carboxylic acids is 1. The number of hydrogen-bond donors (Lipinski definition) is 0. The van der Waals surface area contributed by atoms with Crippen LogP contribution in [0, 0.1) is 0 Å². The standard InChI is InChI=1S/C11H7Br2NOS/c12-8-2-1-5-14-11(8)9(15)6-7-3-4-10(13)16-7/h1-5H,6H2. The van der Waals surface area contributed by atoms with Crippen LogP contribution in [-0.4, -0.2) is 10.8 Å². The summed E-state index contributed by atoms with van der Waals surface area (Å²) < 4.78 is 1.78. The Hall–Kier alpha value is -0.520. The summed E-state index contributed by atoms with van der Waals surface area (Å²) in [6.45, 7) is 0. The molecule has 0 aliphatic carbocycles. The highest BCUT2D eigenvalue weighted by molar-refractivity contribution is 9.11. The van der Waals surface area contributed by atoms with E-state index >= 15 is 0 Å². The fourth-order valence-corrected chi connectivity index (χ4v) is 3.24. The SMILES string of the molecule is O=C(Cc1ccc(Br)s1)c1ncccc1Br. The predicted octanol–water partition coefficient (Wildman–Crippen LogP) is 4.09. The molecule has 82 valence electrons. The molecule has 0 atom stereocenters. The van der Waals surface area contributed by atoms with E-state index in [1.165, 1.54) is 0 Å². The van der Waals surface area contributed by atoms with Crippen LogP contribution in [0.25, 0.3) is 0 Å². The molecular formula is C11H7Br2NOS. The number of Topliss-reactive ketones (excluding diaryl/α,β-unsaturated/α-hetero) is 1. The Kier molecular flexibility index (Phi) is 3.89. The average molecular weight is 361 g/mol. The van der Waals surface area contributed by atoms with Crippen LogP contribution in [0.2, 0.25) is 0 Å². The summed E-state index contributed by atoms with van der Waals surface area (Å²) in [6, 6.07) is 7.51. The zero-order valence-corrected chi connectivity index (χ0v) is 12.1. The molecular weight excluding hydrogens is 354 g/mol. The molecule has 0 unspecified atom stereocenters. The van der Waals surface area contributed by atoms with Gasteiger partial charge in [-0.1, -0.05) is 0 Å². The second-order valence-corrected chi connectivity index (χ2v) is 6.54. The highest BCUT2D eigenvalue weighted by Gasteiger charge is 2.12. The van der Waals surface area contributed by atoms with Crippen molar-refractivity contribution in [2.75, 3.05) is 0 Å². The lowest BCUT2D eigenvalue weighted by molar-refractivity contribution is 0.0988. The number of aromatic nitrogens is 1. The third-order valence-corrected chi connectivity index (χ3v) is 4.25. The van der Waals surface area contributed by atoms with E-state index in [1.54, 1.807) is 23.6 Å². The number of thiophene rings is 1. The molecule has 2 nitrogen and oxygen atoms in total. The van der Waals surface area contributed by atoms with E-state index in [4.69, 9.17) is 0 Å². The minimum Gasteiger partial charge on any atom is -0.292 e. The van der Waals surface area contributed by atoms with Crippen molar-refractivity contribution in [3.8, 4) is 0 Å². The van der Waals surface area contributed by atoms with Crippen molar-refractivity contribution in [3.05, 3.63) is 49.3 Å². The maximum atomic E-state index is 11.9. The predicted molar refractivity (Wildman–Crippen MR) is 72.0 cm³/mol. The van der Waals surface area contributed by atoms with Crippen LogP contribution in [0.3, 0.4) is 0 Å². The summed E-state index contributed by atoms with van der Waals surface area (Å²) in [5.41, 5.74) is 0.493. The number of hydrogen-bond acceptors (Lipinski definition) is 3. The Balaban J connectivity index is 2.18. The normalized spacial score (nSPS) is 10.4. The summed E-state index contributed by atoms with van der Waals surface area (Å²) in [5, 5.41) is 0. The minimum atomic E-state index is 0.0295. The fraction of sp³-hybridized carbons (Fsp3) is 0.0909. The number of rotatable bonds is 3. The fourth-order valence-electron chi connectivity index (χ4n) is 1.28. The van der Waals surface area contributed by atoms with Gasteiger partial charge < -0.3 is 0 Å². The van der Waals surface area contributed by atoms with E-state index in [2.05, 4.69) is 36.8 Å². The van der Waals surface area contributed by atoms with Crippen molar-refractivity contribution >= 4 is 49.0 Å². The van der Waals surface area contributed by atoms with Crippen LogP contribution < -0.4 is 0 Å². The zero-order valence-electron chi connectivity index (χ0n) is 8.11. The lowest BCUT2D eigenvalue weighted by atomic mass is 10.2. The quantitative estimate of drug-likeness (QED) is 0.771. The maximum Gasteiger partial charge on any atom is 0.187 e. The van der Waals surface area contributed by atoms with Gasteiger partial charge in [0.2, 0.25) is 0 Å². The molecule has 0 aliphatic heterocycles. The first kappa shape index (κ1) is 12.0. The van der Waals surface area contributed by atoms with Crippen LogP contribution in [0.15, 0.2) is 38.7 Å². The van der Waals surface area contributed by atoms with Gasteiger partial charge in [0.05, 0.1) is 3.79 Å². The maximum absolute atomic E-state index is 11.9. The van der Waals surface area contributed by atoms with Gasteiger partial charge in [0.1, 0.15) is 5.69 Å². The molecule has 2 aromatic heterocycles. The Bertz CT molecular complexity index is 524. The first-order chi connectivity index (χ1) is 7.66. The van der Waals surface area contributed by atoms with Crippen LogP contribution >= 0.6 is 43.2 Å². The molecule has 0 saturated heterocycles. The Morgan fingerprint density at radius 2 is 2.12 bits per heavy atom. The highest BCUT2D eigenvalue weighted by atomic mass is 79.9. The highest BCUT2D eigenvalue weighted by Crippen LogP contribution is 2.24. The molecule has 0 radical (unpaired) electrons. The molecule has 0 aliphatic rings. The number of ketones is 1. The summed E-state index contributed by atoms with van der Waals surface area (Å²) in [5.74, 6) is 0.0295. The molecule has 0 N–H and O–H groups in total. The summed E-state index contributed by atoms with van der Waals surface area (Å²) in [6.07, 6.45) is 2.02. The molecule has 0 saturated carbocycles. The lowest BCUT2D eigenvalue weighted by Crippen LogP contribution is -2.05. The van der Waals surface area contributed by atoms with Crippen molar-refractivity contribution in [1.29, 1.82) is 0 Å². The van der Waals surface area contributed by atoms with Crippen molar-refractivity contribution in [2.24, 2.45) is 0 Å². The van der Waals surface area contributed by atoms with Gasteiger partial charge in [0.25, 0.3) is 0 Å². The molecule has 0 spiro atoms. The van der Waals surface area contributed by atoms with Gasteiger partial charge in [0, 0.05) is 22.0 Å². The molecule has 0 bridgehead atoms. The summed E-state index contributed by atoms with van der Waals surface area (Å²) >= 11 is 8.27. The first-order valence-electron chi connectivity index (χ1n) is 4.55. The molecule has 0 aromatic carbocycles. The van der Waals surface area contributed by atoms with Gasteiger partial charge in [-0.15, -0.1) is 11.3 Å². The Morgan fingerprint density at radius 3 is 2.75 bits per heavy atom. The second kappa shape index (κ2) is 5.21. The van der Waals surface area contributed by atoms with Gasteiger partial charge in [-0.25, -0.2) is 0 Å². The Morgan fingerprint density at radius 1 is 1.31 bits per heavy atom. The largest absolute Gasteiger partial charge is 0.292 e. The third kappa shape index (κ3) is 2.78. The monoisotopic (exact) mass is 359 g/mol. The molecule has 2 heterocycles. The molecule has 2 rings (SSSR count). The van der Waals surface area contributed by atoms with Gasteiger partial charge >= 0.3 is 0 Å². The van der Waals surface area contributed by atoms with Crippen molar-refractivity contribution in [1.82, 2.24) is 4.98 Å². The first-order valence-corrected chi connectivity index (χ1v) is 6.95. The average Bonchev–Trinajstić information content (AvgIpc) is 2.64. The van der Waals surface area contributed by atoms with Gasteiger partial charge in [-0.05, 0) is 56.1 Å². The number of pyridine rings is 1. The van der Waals surface area contributed by atoms with E-state index < -0.39 is 0 Å². The van der Waals surface area contributed by atoms with E-state index in [1.807, 2.05) is 18.2 Å². The van der Waals surface area contributed by atoms with Crippen molar-refractivity contribution in [3.63, 3.8) is 0 Å². The van der Waals surface area contributed by atoms with Gasteiger partial charge in [0.15, 0.2) is 5.78 Å². The van der Waals surface area contributed by atoms with Crippen molar-refractivity contribution < 1.29 is 4.79 Å². The summed E-state index contributed by atoms with van der Waals surface area (Å²) in [7, 11) is 0. The smallest absolute Gasteiger partial charge is 0.187 e. The van der Waals surface area contributed by atoms with Crippen LogP contribution in [0.5, 0.6) is 0 Å². The molecule has 0 fully saturated rings. The molecule has 5 heteroatoms. The van der Waals surface area contributed by atoms with E-state index in [9.17, 15) is 4.79 Å². The topological polar surface area (TPSA) is 30.0 Å². The zero-order chi connectivity index (χ0) is 11.5. The minimum absolute atomic E-state index is 0.0295. The number of nitrogens with zero attached hydrogens (tertiary/aromatic N) is 1. The van der Waals surface area contributed by atoms with Crippen LogP contribution in [-0.2, 0) is 6.42 Å². The van der Waals surface area contributed by atoms with Gasteiger partial charge in [-0.2, -0.15) is 0 Å². The molecule has 16 heavy (non-hydrogen) atoms. The second-order valence-electron chi connectivity index (χ2n) is 3.14. The van der Waals surface area contributed by atoms with E-state index in [0.717, 1.165) is 13.1 Å². The van der Waals surface area contributed by atoms with E-state index in [-0.39, 0.29) is 5.78 Å². The van der Waals surface area contributed by atoms with Crippen molar-refractivity contribution in [2.45, 2.75) is 6.42 Å². The van der Waals surface area contributed by atoms with Crippen LogP contribution in [0.1, 0.15) is 15.4 Å². The number of halogens is 2. The number of carbonyl (C=O) groups is 1. The van der Waals surface area contributed by atoms with Gasteiger partial charge in [-0.3, -0.25) is 9.78 Å².